The Morgan fingerprint density at radius 1 is 0.957 bits per heavy atom. The van der Waals surface area contributed by atoms with E-state index in [9.17, 15) is 16.8 Å². The summed E-state index contributed by atoms with van der Waals surface area (Å²) in [6.07, 6.45) is 1.05. The number of aryl methyl sites for hydroxylation is 1. The number of nitrogens with zero attached hydrogens (tertiary/aromatic N) is 1. The summed E-state index contributed by atoms with van der Waals surface area (Å²) in [5, 5.41) is 0. The summed E-state index contributed by atoms with van der Waals surface area (Å²) < 4.78 is 51.9. The van der Waals surface area contributed by atoms with Crippen molar-refractivity contribution in [2.75, 3.05) is 22.3 Å². The maximum absolute atomic E-state index is 12.5. The number of benzene rings is 2. The molecule has 0 saturated heterocycles. The molecule has 0 amide bonds. The van der Waals surface area contributed by atoms with Gasteiger partial charge in [-0.05, 0) is 36.8 Å². The maximum atomic E-state index is 12.5. The highest BCUT2D eigenvalue weighted by molar-refractivity contribution is 7.93. The Kier molecular flexibility index (Phi) is 4.67. The van der Waals surface area contributed by atoms with E-state index in [1.54, 1.807) is 37.3 Å². The van der Waals surface area contributed by atoms with E-state index < -0.39 is 20.0 Å². The van der Waals surface area contributed by atoms with Crippen LogP contribution in [0.25, 0.3) is 0 Å². The van der Waals surface area contributed by atoms with Gasteiger partial charge in [-0.2, -0.15) is 0 Å². The van der Waals surface area contributed by atoms with Crippen LogP contribution < -0.4 is 9.03 Å². The molecule has 0 bridgehead atoms. The van der Waals surface area contributed by atoms with Crippen LogP contribution in [0.2, 0.25) is 0 Å². The van der Waals surface area contributed by atoms with Crippen molar-refractivity contribution in [3.8, 4) is 0 Å². The lowest BCUT2D eigenvalue weighted by atomic mass is 10.2. The first-order valence-electron chi connectivity index (χ1n) is 6.74. The molecule has 2 rings (SSSR count). The number of hydrogen-bond acceptors (Lipinski definition) is 4. The van der Waals surface area contributed by atoms with Gasteiger partial charge in [-0.3, -0.25) is 9.03 Å². The topological polar surface area (TPSA) is 83.6 Å². The summed E-state index contributed by atoms with van der Waals surface area (Å²) in [4.78, 5) is 0.120. The van der Waals surface area contributed by atoms with Crippen molar-refractivity contribution in [2.24, 2.45) is 0 Å². The number of hydrogen-bond donors (Lipinski definition) is 1. The van der Waals surface area contributed by atoms with Crippen molar-refractivity contribution >= 4 is 31.4 Å². The summed E-state index contributed by atoms with van der Waals surface area (Å²) >= 11 is 0. The third-order valence-corrected chi connectivity index (χ3v) is 5.84. The van der Waals surface area contributed by atoms with E-state index in [1.807, 2.05) is 0 Å². The number of nitrogens with one attached hydrogen (secondary N) is 1. The molecule has 0 aliphatic rings. The third kappa shape index (κ3) is 4.02. The molecule has 6 nitrogen and oxygen atoms in total. The first-order valence-corrected chi connectivity index (χ1v) is 10.1. The monoisotopic (exact) mass is 354 g/mol. The van der Waals surface area contributed by atoms with E-state index in [-0.39, 0.29) is 16.3 Å². The highest BCUT2D eigenvalue weighted by atomic mass is 32.2. The Labute approximate surface area is 136 Å². The second-order valence-corrected chi connectivity index (χ2v) is 8.87. The lowest BCUT2D eigenvalue weighted by molar-refractivity contribution is 0.598. The van der Waals surface area contributed by atoms with Crippen LogP contribution in [0.3, 0.4) is 0 Å². The highest BCUT2D eigenvalue weighted by Crippen LogP contribution is 2.28. The molecule has 23 heavy (non-hydrogen) atoms. The molecule has 0 atom stereocenters. The Morgan fingerprint density at radius 3 is 2.22 bits per heavy atom. The quantitative estimate of drug-likeness (QED) is 0.892. The molecule has 8 heteroatoms. The summed E-state index contributed by atoms with van der Waals surface area (Å²) in [7, 11) is -5.95. The zero-order valence-corrected chi connectivity index (χ0v) is 14.6. The SMILES string of the molecule is Cc1cccc(S(=O)(=O)Nc2ccccc2N(C)S(C)(=O)=O)c1. The van der Waals surface area contributed by atoms with E-state index in [2.05, 4.69) is 4.72 Å². The summed E-state index contributed by atoms with van der Waals surface area (Å²) in [5.41, 5.74) is 1.27. The van der Waals surface area contributed by atoms with Gasteiger partial charge < -0.3 is 0 Å². The van der Waals surface area contributed by atoms with Crippen LogP contribution in [0.1, 0.15) is 5.56 Å². The van der Waals surface area contributed by atoms with Gasteiger partial charge in [-0.15, -0.1) is 0 Å². The van der Waals surface area contributed by atoms with Crippen LogP contribution >= 0.6 is 0 Å². The average Bonchev–Trinajstić information content (AvgIpc) is 2.46. The second kappa shape index (κ2) is 6.21. The van der Waals surface area contributed by atoms with Gasteiger partial charge in [0.1, 0.15) is 0 Å². The standard InChI is InChI=1S/C15H18N2O4S2/c1-12-7-6-8-13(11-12)23(20,21)16-14-9-4-5-10-15(14)17(2)22(3,18)19/h4-11,16H,1-3H3. The number of sulfonamides is 2. The summed E-state index contributed by atoms with van der Waals surface area (Å²) in [5.74, 6) is 0. The molecule has 0 radical (unpaired) electrons. The predicted molar refractivity (Wildman–Crippen MR) is 91.7 cm³/mol. The molecule has 0 saturated carbocycles. The van der Waals surface area contributed by atoms with Gasteiger partial charge in [0.15, 0.2) is 0 Å². The molecule has 0 fully saturated rings. The van der Waals surface area contributed by atoms with Crippen molar-refractivity contribution < 1.29 is 16.8 Å². The van der Waals surface area contributed by atoms with E-state index in [1.165, 1.54) is 25.2 Å². The first-order chi connectivity index (χ1) is 10.6. The molecule has 0 heterocycles. The smallest absolute Gasteiger partial charge is 0.261 e. The summed E-state index contributed by atoms with van der Waals surface area (Å²) in [6, 6.07) is 12.8. The van der Waals surface area contributed by atoms with E-state index in [4.69, 9.17) is 0 Å². The predicted octanol–water partition coefficient (Wildman–Crippen LogP) is 2.19. The highest BCUT2D eigenvalue weighted by Gasteiger charge is 2.20. The van der Waals surface area contributed by atoms with Gasteiger partial charge in [0.05, 0.1) is 22.5 Å². The van der Waals surface area contributed by atoms with Gasteiger partial charge in [-0.25, -0.2) is 16.8 Å². The first kappa shape index (κ1) is 17.3. The Hall–Kier alpha value is -2.06. The molecular formula is C15H18N2O4S2. The molecule has 0 unspecified atom stereocenters. The van der Waals surface area contributed by atoms with Crippen molar-refractivity contribution in [3.63, 3.8) is 0 Å². The van der Waals surface area contributed by atoms with E-state index >= 15 is 0 Å². The van der Waals surface area contributed by atoms with Crippen molar-refractivity contribution in [1.82, 2.24) is 0 Å². The number of para-hydroxylation sites is 2. The van der Waals surface area contributed by atoms with E-state index in [0.717, 1.165) is 16.1 Å². The lowest BCUT2D eigenvalue weighted by Gasteiger charge is -2.20. The maximum Gasteiger partial charge on any atom is 0.261 e. The molecule has 0 spiro atoms. The molecular weight excluding hydrogens is 336 g/mol. The van der Waals surface area contributed by atoms with E-state index in [0.29, 0.717) is 0 Å². The van der Waals surface area contributed by atoms with Crippen LogP contribution in [-0.4, -0.2) is 30.1 Å². The minimum atomic E-state index is -3.81. The fourth-order valence-corrected chi connectivity index (χ4v) is 3.69. The van der Waals surface area contributed by atoms with Crippen molar-refractivity contribution in [3.05, 3.63) is 54.1 Å². The van der Waals surface area contributed by atoms with Crippen molar-refractivity contribution in [1.29, 1.82) is 0 Å². The fourth-order valence-electron chi connectivity index (χ4n) is 2.00. The minimum absolute atomic E-state index is 0.120. The molecule has 0 aliphatic heterocycles. The third-order valence-electron chi connectivity index (χ3n) is 3.28. The largest absolute Gasteiger partial charge is 0.277 e. The Morgan fingerprint density at radius 2 is 1.61 bits per heavy atom. The fraction of sp³-hybridized carbons (Fsp3) is 0.200. The van der Waals surface area contributed by atoms with Crippen LogP contribution in [0, 0.1) is 6.92 Å². The van der Waals surface area contributed by atoms with Gasteiger partial charge in [-0.1, -0.05) is 24.3 Å². The summed E-state index contributed by atoms with van der Waals surface area (Å²) in [6.45, 7) is 1.80. The molecule has 0 aromatic heterocycles. The van der Waals surface area contributed by atoms with Gasteiger partial charge in [0.2, 0.25) is 10.0 Å². The normalized spacial score (nSPS) is 12.0. The molecule has 2 aromatic carbocycles. The van der Waals surface area contributed by atoms with Gasteiger partial charge >= 0.3 is 0 Å². The molecule has 0 aliphatic carbocycles. The lowest BCUT2D eigenvalue weighted by Crippen LogP contribution is -2.26. The zero-order valence-electron chi connectivity index (χ0n) is 13.0. The average molecular weight is 354 g/mol. The minimum Gasteiger partial charge on any atom is -0.277 e. The van der Waals surface area contributed by atoms with Crippen LogP contribution in [-0.2, 0) is 20.0 Å². The molecule has 124 valence electrons. The molecule has 2 aromatic rings. The zero-order chi connectivity index (χ0) is 17.3. The number of rotatable bonds is 5. The Balaban J connectivity index is 2.45. The van der Waals surface area contributed by atoms with Crippen molar-refractivity contribution in [2.45, 2.75) is 11.8 Å². The van der Waals surface area contributed by atoms with Crippen LogP contribution in [0.4, 0.5) is 11.4 Å². The van der Waals surface area contributed by atoms with Gasteiger partial charge in [0.25, 0.3) is 10.0 Å². The van der Waals surface area contributed by atoms with Gasteiger partial charge in [0, 0.05) is 7.05 Å². The van der Waals surface area contributed by atoms with Crippen LogP contribution in [0.15, 0.2) is 53.4 Å². The number of anilines is 2. The Bertz CT molecular complexity index is 922. The van der Waals surface area contributed by atoms with Crippen LogP contribution in [0.5, 0.6) is 0 Å². The second-order valence-electron chi connectivity index (χ2n) is 5.17. The molecule has 1 N–H and O–H groups in total.